The van der Waals surface area contributed by atoms with Crippen molar-refractivity contribution in [2.75, 3.05) is 19.8 Å². The predicted octanol–water partition coefficient (Wildman–Crippen LogP) is 1.93. The third kappa shape index (κ3) is 5.54. The van der Waals surface area contributed by atoms with Gasteiger partial charge in [-0.25, -0.2) is 4.79 Å². The zero-order valence-electron chi connectivity index (χ0n) is 15.9. The Labute approximate surface area is 153 Å². The molecule has 0 aromatic carbocycles. The van der Waals surface area contributed by atoms with Crippen molar-refractivity contribution in [3.63, 3.8) is 0 Å². The minimum atomic E-state index is -1.08. The van der Waals surface area contributed by atoms with Gasteiger partial charge in [0, 0.05) is 31.9 Å². The number of hydrogen-bond donors (Lipinski definition) is 2. The van der Waals surface area contributed by atoms with Crippen LogP contribution in [0.15, 0.2) is 6.20 Å². The van der Waals surface area contributed by atoms with Gasteiger partial charge in [-0.15, -0.1) is 0 Å². The monoisotopic (exact) mass is 367 g/mol. The van der Waals surface area contributed by atoms with E-state index in [-0.39, 0.29) is 24.7 Å². The van der Waals surface area contributed by atoms with Gasteiger partial charge in [-0.3, -0.25) is 9.48 Å². The molecule has 8 heteroatoms. The molecule has 2 rings (SSSR count). The zero-order valence-corrected chi connectivity index (χ0v) is 15.9. The molecule has 0 spiro atoms. The molecule has 8 nitrogen and oxygen atoms in total. The highest BCUT2D eigenvalue weighted by Crippen LogP contribution is 2.23. The quantitative estimate of drug-likeness (QED) is 0.763. The van der Waals surface area contributed by atoms with E-state index in [2.05, 4.69) is 10.4 Å². The van der Waals surface area contributed by atoms with Crippen LogP contribution in [-0.2, 0) is 14.3 Å². The van der Waals surface area contributed by atoms with Crippen molar-refractivity contribution >= 4 is 11.9 Å². The van der Waals surface area contributed by atoms with E-state index in [9.17, 15) is 14.7 Å². The van der Waals surface area contributed by atoms with Crippen LogP contribution < -0.4 is 5.32 Å². The standard InChI is InChI=1S/C18H29N3O5/c1-12-14(11-19-21(12)13-5-8-25-9-6-13)16(22)20-15(17(23)24)7-10-26-18(2,3)4/h11,13,15H,5-10H2,1-4H3,(H,20,22)(H,23,24). The van der Waals surface area contributed by atoms with Crippen molar-refractivity contribution in [3.05, 3.63) is 17.5 Å². The lowest BCUT2D eigenvalue weighted by molar-refractivity contribution is -0.140. The Morgan fingerprint density at radius 1 is 1.42 bits per heavy atom. The highest BCUT2D eigenvalue weighted by Gasteiger charge is 2.25. The number of carboxylic acid groups (broad SMARTS) is 1. The van der Waals surface area contributed by atoms with Gasteiger partial charge in [-0.1, -0.05) is 0 Å². The van der Waals surface area contributed by atoms with Crippen LogP contribution in [0, 0.1) is 6.92 Å². The van der Waals surface area contributed by atoms with Crippen LogP contribution >= 0.6 is 0 Å². The molecule has 0 saturated carbocycles. The minimum absolute atomic E-state index is 0.200. The summed E-state index contributed by atoms with van der Waals surface area (Å²) in [5, 5.41) is 16.3. The molecule has 1 aromatic rings. The van der Waals surface area contributed by atoms with Crippen LogP contribution in [0.5, 0.6) is 0 Å². The second-order valence-electron chi connectivity index (χ2n) is 7.55. The molecule has 0 radical (unpaired) electrons. The van der Waals surface area contributed by atoms with Gasteiger partial charge in [0.1, 0.15) is 6.04 Å². The van der Waals surface area contributed by atoms with E-state index in [0.29, 0.717) is 18.8 Å². The van der Waals surface area contributed by atoms with Gasteiger partial charge in [0.05, 0.1) is 23.4 Å². The fourth-order valence-electron chi connectivity index (χ4n) is 2.92. The lowest BCUT2D eigenvalue weighted by atomic mass is 10.1. The van der Waals surface area contributed by atoms with Crippen LogP contribution in [-0.4, -0.2) is 58.2 Å². The average molecular weight is 367 g/mol. The summed E-state index contributed by atoms with van der Waals surface area (Å²) in [5.74, 6) is -1.51. The Balaban J connectivity index is 2.00. The first-order chi connectivity index (χ1) is 12.2. The number of carbonyl (C=O) groups is 2. The normalized spacial score (nSPS) is 17.1. The summed E-state index contributed by atoms with van der Waals surface area (Å²) in [6, 6.07) is -0.795. The van der Waals surface area contributed by atoms with Gasteiger partial charge in [0.25, 0.3) is 5.91 Å². The van der Waals surface area contributed by atoms with E-state index in [1.807, 2.05) is 32.4 Å². The van der Waals surface area contributed by atoms with Gasteiger partial charge < -0.3 is 19.9 Å². The SMILES string of the molecule is Cc1c(C(=O)NC(CCOC(C)(C)C)C(=O)O)cnn1C1CCOCC1. The topological polar surface area (TPSA) is 103 Å². The summed E-state index contributed by atoms with van der Waals surface area (Å²) >= 11 is 0. The highest BCUT2D eigenvalue weighted by atomic mass is 16.5. The average Bonchev–Trinajstić information content (AvgIpc) is 2.95. The molecule has 2 heterocycles. The molecule has 1 saturated heterocycles. The molecule has 0 bridgehead atoms. The van der Waals surface area contributed by atoms with E-state index >= 15 is 0 Å². The van der Waals surface area contributed by atoms with Gasteiger partial charge in [0.2, 0.25) is 0 Å². The van der Waals surface area contributed by atoms with E-state index in [1.165, 1.54) is 6.20 Å². The summed E-state index contributed by atoms with van der Waals surface area (Å²) in [7, 11) is 0. The molecular formula is C18H29N3O5. The zero-order chi connectivity index (χ0) is 19.3. The van der Waals surface area contributed by atoms with E-state index in [4.69, 9.17) is 9.47 Å². The highest BCUT2D eigenvalue weighted by molar-refractivity contribution is 5.97. The Morgan fingerprint density at radius 2 is 2.08 bits per heavy atom. The fourth-order valence-corrected chi connectivity index (χ4v) is 2.92. The number of nitrogens with one attached hydrogen (secondary N) is 1. The van der Waals surface area contributed by atoms with Crippen molar-refractivity contribution in [3.8, 4) is 0 Å². The molecule has 26 heavy (non-hydrogen) atoms. The molecule has 1 aliphatic heterocycles. The number of amides is 1. The van der Waals surface area contributed by atoms with Gasteiger partial charge in [-0.2, -0.15) is 5.10 Å². The maximum Gasteiger partial charge on any atom is 0.326 e. The Kier molecular flexibility index (Phi) is 6.77. The summed E-state index contributed by atoms with van der Waals surface area (Å²) in [6.45, 7) is 9.14. The number of aliphatic carboxylic acids is 1. The molecular weight excluding hydrogens is 338 g/mol. The first kappa shape index (κ1) is 20.4. The molecule has 2 N–H and O–H groups in total. The Bertz CT molecular complexity index is 629. The summed E-state index contributed by atoms with van der Waals surface area (Å²) in [5.41, 5.74) is 0.790. The van der Waals surface area contributed by atoms with E-state index in [0.717, 1.165) is 18.5 Å². The van der Waals surface area contributed by atoms with E-state index < -0.39 is 17.9 Å². The number of nitrogens with zero attached hydrogens (tertiary/aromatic N) is 2. The maximum atomic E-state index is 12.5. The Morgan fingerprint density at radius 3 is 2.65 bits per heavy atom. The molecule has 0 aliphatic carbocycles. The Hall–Kier alpha value is -1.93. The van der Waals surface area contributed by atoms with Gasteiger partial charge in [0.15, 0.2) is 0 Å². The number of carbonyl (C=O) groups excluding carboxylic acids is 1. The van der Waals surface area contributed by atoms with Crippen LogP contribution in [0.4, 0.5) is 0 Å². The number of ether oxygens (including phenoxy) is 2. The van der Waals surface area contributed by atoms with Gasteiger partial charge in [-0.05, 0) is 40.5 Å². The van der Waals surface area contributed by atoms with Crippen LogP contribution in [0.3, 0.4) is 0 Å². The lowest BCUT2D eigenvalue weighted by Gasteiger charge is -2.23. The van der Waals surface area contributed by atoms with Crippen molar-refractivity contribution in [1.29, 1.82) is 0 Å². The number of aromatic nitrogens is 2. The van der Waals surface area contributed by atoms with Crippen molar-refractivity contribution < 1.29 is 24.2 Å². The molecule has 1 atom stereocenters. The summed E-state index contributed by atoms with van der Waals surface area (Å²) < 4.78 is 12.8. The first-order valence-corrected chi connectivity index (χ1v) is 8.98. The van der Waals surface area contributed by atoms with Crippen molar-refractivity contribution in [2.45, 2.75) is 64.6 Å². The van der Waals surface area contributed by atoms with Crippen LogP contribution in [0.1, 0.15) is 62.1 Å². The molecule has 1 fully saturated rings. The largest absolute Gasteiger partial charge is 0.480 e. The molecule has 1 unspecified atom stereocenters. The lowest BCUT2D eigenvalue weighted by Crippen LogP contribution is -2.42. The third-order valence-electron chi connectivity index (χ3n) is 4.37. The van der Waals surface area contributed by atoms with Gasteiger partial charge >= 0.3 is 5.97 Å². The van der Waals surface area contributed by atoms with Crippen LogP contribution in [0.25, 0.3) is 0 Å². The second-order valence-corrected chi connectivity index (χ2v) is 7.55. The molecule has 1 amide bonds. The number of hydrogen-bond acceptors (Lipinski definition) is 5. The molecule has 1 aromatic heterocycles. The number of rotatable bonds is 7. The molecule has 1 aliphatic rings. The fraction of sp³-hybridized carbons (Fsp3) is 0.722. The number of carboxylic acids is 1. The summed E-state index contributed by atoms with van der Waals surface area (Å²) in [4.78, 5) is 24.0. The maximum absolute atomic E-state index is 12.5. The van der Waals surface area contributed by atoms with Crippen LogP contribution in [0.2, 0.25) is 0 Å². The predicted molar refractivity (Wildman–Crippen MR) is 95.3 cm³/mol. The van der Waals surface area contributed by atoms with E-state index in [1.54, 1.807) is 0 Å². The third-order valence-corrected chi connectivity index (χ3v) is 4.37. The summed E-state index contributed by atoms with van der Waals surface area (Å²) in [6.07, 6.45) is 3.41. The first-order valence-electron chi connectivity index (χ1n) is 8.98. The minimum Gasteiger partial charge on any atom is -0.480 e. The van der Waals surface area contributed by atoms with Crippen molar-refractivity contribution in [2.24, 2.45) is 0 Å². The second kappa shape index (κ2) is 8.64. The smallest absolute Gasteiger partial charge is 0.326 e. The molecule has 146 valence electrons. The van der Waals surface area contributed by atoms with Crippen molar-refractivity contribution in [1.82, 2.24) is 15.1 Å².